The van der Waals surface area contributed by atoms with E-state index >= 15 is 0 Å². The van der Waals surface area contributed by atoms with Crippen molar-refractivity contribution in [2.24, 2.45) is 0 Å². The minimum atomic E-state index is 0.704. The van der Waals surface area contributed by atoms with Crippen LogP contribution in [-0.2, 0) is 6.42 Å². The van der Waals surface area contributed by atoms with E-state index in [4.69, 9.17) is 16.6 Å². The molecule has 0 aliphatic carbocycles. The summed E-state index contributed by atoms with van der Waals surface area (Å²) in [7, 11) is 0. The van der Waals surface area contributed by atoms with Gasteiger partial charge in [0.25, 0.3) is 0 Å². The van der Waals surface area contributed by atoms with E-state index < -0.39 is 0 Å². The number of hydrogen-bond donors (Lipinski definition) is 0. The topological polar surface area (TPSA) is 17.3 Å². The van der Waals surface area contributed by atoms with Crippen molar-refractivity contribution < 1.29 is 0 Å². The highest BCUT2D eigenvalue weighted by molar-refractivity contribution is 9.10. The number of rotatable bonds is 3. The van der Waals surface area contributed by atoms with Crippen LogP contribution >= 0.6 is 27.5 Å². The molecule has 0 unspecified atom stereocenters. The van der Waals surface area contributed by atoms with Gasteiger partial charge >= 0.3 is 0 Å². The van der Waals surface area contributed by atoms with Gasteiger partial charge in [0.2, 0.25) is 0 Å². The van der Waals surface area contributed by atoms with Crippen molar-refractivity contribution in [2.45, 2.75) is 13.3 Å². The maximum absolute atomic E-state index is 6.24. The molecule has 2 aromatic heterocycles. The molecule has 2 aromatic carbocycles. The molecule has 0 atom stereocenters. The highest BCUT2D eigenvalue weighted by atomic mass is 79.9. The summed E-state index contributed by atoms with van der Waals surface area (Å²) in [6.07, 6.45) is 2.73. The number of halogens is 2. The van der Waals surface area contributed by atoms with Crippen molar-refractivity contribution in [2.75, 3.05) is 0 Å². The van der Waals surface area contributed by atoms with Crippen LogP contribution < -0.4 is 0 Å². The summed E-state index contributed by atoms with van der Waals surface area (Å²) in [5.41, 5.74) is 6.64. The summed E-state index contributed by atoms with van der Waals surface area (Å²) in [6.45, 7) is 2.10. The van der Waals surface area contributed by atoms with Crippen LogP contribution in [0.3, 0.4) is 0 Å². The molecule has 4 rings (SSSR count). The fourth-order valence-corrected chi connectivity index (χ4v) is 3.56. The summed E-state index contributed by atoms with van der Waals surface area (Å²) in [5, 5.41) is 0.704. The molecule has 0 amide bonds. The minimum Gasteiger partial charge on any atom is -0.302 e. The molecule has 0 aliphatic rings. The van der Waals surface area contributed by atoms with Crippen molar-refractivity contribution in [1.82, 2.24) is 9.38 Å². The van der Waals surface area contributed by atoms with E-state index in [9.17, 15) is 0 Å². The molecule has 2 heterocycles. The van der Waals surface area contributed by atoms with Gasteiger partial charge in [0.1, 0.15) is 5.65 Å². The number of aromatic nitrogens is 2. The summed E-state index contributed by atoms with van der Waals surface area (Å²) in [4.78, 5) is 4.86. The van der Waals surface area contributed by atoms with Crippen LogP contribution in [0.15, 0.2) is 71.3 Å². The Balaban J connectivity index is 1.91. The third-order valence-electron chi connectivity index (χ3n) is 4.27. The van der Waals surface area contributed by atoms with Gasteiger partial charge in [0.15, 0.2) is 0 Å². The Labute approximate surface area is 160 Å². The van der Waals surface area contributed by atoms with Gasteiger partial charge < -0.3 is 4.40 Å². The zero-order valence-electron chi connectivity index (χ0n) is 13.7. The minimum absolute atomic E-state index is 0.704. The monoisotopic (exact) mass is 410 g/mol. The van der Waals surface area contributed by atoms with Crippen LogP contribution in [0.25, 0.3) is 16.9 Å². The maximum Gasteiger partial charge on any atom is 0.137 e. The fourth-order valence-electron chi connectivity index (χ4n) is 3.00. The standard InChI is InChI=1S/C21H16BrClN2/c1-14-5-7-15(8-6-14)11-19-21(16-3-2-4-17(22)12-16)24-20-10-9-18(23)13-25(19)20/h2-10,12-13H,11H2,1H3. The van der Waals surface area contributed by atoms with Crippen LogP contribution in [0.4, 0.5) is 0 Å². The predicted octanol–water partition coefficient (Wildman–Crippen LogP) is 6.32. The number of pyridine rings is 1. The number of nitrogens with zero attached hydrogens (tertiary/aromatic N) is 2. The second-order valence-electron chi connectivity index (χ2n) is 6.16. The van der Waals surface area contributed by atoms with Crippen LogP contribution in [0, 0.1) is 6.92 Å². The van der Waals surface area contributed by atoms with Gasteiger partial charge in [-0.1, -0.05) is 69.5 Å². The van der Waals surface area contributed by atoms with E-state index in [1.165, 1.54) is 11.1 Å². The molecular formula is C21H16BrClN2. The lowest BCUT2D eigenvalue weighted by molar-refractivity contribution is 1.03. The van der Waals surface area contributed by atoms with Crippen molar-refractivity contribution in [3.05, 3.63) is 93.2 Å². The molecule has 0 saturated heterocycles. The van der Waals surface area contributed by atoms with Crippen molar-refractivity contribution in [3.63, 3.8) is 0 Å². The van der Waals surface area contributed by atoms with E-state index in [0.29, 0.717) is 5.02 Å². The first-order valence-electron chi connectivity index (χ1n) is 8.08. The number of aryl methyl sites for hydroxylation is 1. The van der Waals surface area contributed by atoms with Gasteiger partial charge in [0.05, 0.1) is 16.4 Å². The number of fused-ring (bicyclic) bond motifs is 1. The smallest absolute Gasteiger partial charge is 0.137 e. The molecular weight excluding hydrogens is 396 g/mol. The van der Waals surface area contributed by atoms with Gasteiger partial charge in [-0.2, -0.15) is 0 Å². The summed E-state index contributed by atoms with van der Waals surface area (Å²) >= 11 is 9.80. The molecule has 4 heteroatoms. The first kappa shape index (κ1) is 16.4. The summed E-state index contributed by atoms with van der Waals surface area (Å²) in [6, 6.07) is 20.7. The predicted molar refractivity (Wildman–Crippen MR) is 107 cm³/mol. The number of imidazole rings is 1. The second-order valence-corrected chi connectivity index (χ2v) is 7.51. The lowest BCUT2D eigenvalue weighted by Crippen LogP contribution is -1.97. The Hall–Kier alpha value is -2.10. The van der Waals surface area contributed by atoms with Crippen LogP contribution in [0.2, 0.25) is 5.02 Å². The zero-order chi connectivity index (χ0) is 17.4. The first-order valence-corrected chi connectivity index (χ1v) is 9.25. The molecule has 0 radical (unpaired) electrons. The van der Waals surface area contributed by atoms with E-state index in [1.807, 2.05) is 30.5 Å². The Kier molecular flexibility index (Phi) is 4.36. The van der Waals surface area contributed by atoms with E-state index in [0.717, 1.165) is 33.5 Å². The van der Waals surface area contributed by atoms with Crippen LogP contribution in [0.1, 0.15) is 16.8 Å². The molecule has 0 spiro atoms. The summed E-state index contributed by atoms with van der Waals surface area (Å²) < 4.78 is 3.14. The molecule has 0 aliphatic heterocycles. The SMILES string of the molecule is Cc1ccc(Cc2c(-c3cccc(Br)c3)nc3ccc(Cl)cn23)cc1. The second kappa shape index (κ2) is 6.66. The molecule has 0 saturated carbocycles. The van der Waals surface area contributed by atoms with Gasteiger partial charge in [-0.3, -0.25) is 0 Å². The van der Waals surface area contributed by atoms with E-state index in [-0.39, 0.29) is 0 Å². The normalized spacial score (nSPS) is 11.2. The summed E-state index contributed by atoms with van der Waals surface area (Å²) in [5.74, 6) is 0. The third kappa shape index (κ3) is 3.35. The van der Waals surface area contributed by atoms with Gasteiger partial charge in [0, 0.05) is 22.7 Å². The Bertz CT molecular complexity index is 1050. The molecule has 25 heavy (non-hydrogen) atoms. The lowest BCUT2D eigenvalue weighted by Gasteiger charge is -2.07. The average molecular weight is 412 g/mol. The fraction of sp³-hybridized carbons (Fsp3) is 0.0952. The van der Waals surface area contributed by atoms with E-state index in [2.05, 4.69) is 63.7 Å². The van der Waals surface area contributed by atoms with Crippen molar-refractivity contribution >= 4 is 33.2 Å². The lowest BCUT2D eigenvalue weighted by atomic mass is 10.0. The molecule has 2 nitrogen and oxygen atoms in total. The largest absolute Gasteiger partial charge is 0.302 e. The highest BCUT2D eigenvalue weighted by Gasteiger charge is 2.15. The van der Waals surface area contributed by atoms with E-state index in [1.54, 1.807) is 0 Å². The Morgan fingerprint density at radius 2 is 1.84 bits per heavy atom. The molecule has 0 bridgehead atoms. The third-order valence-corrected chi connectivity index (χ3v) is 4.99. The molecule has 4 aromatic rings. The molecule has 0 fully saturated rings. The van der Waals surface area contributed by atoms with Crippen molar-refractivity contribution in [3.8, 4) is 11.3 Å². The maximum atomic E-state index is 6.24. The first-order chi connectivity index (χ1) is 12.1. The zero-order valence-corrected chi connectivity index (χ0v) is 16.1. The van der Waals surface area contributed by atoms with Gasteiger partial charge in [-0.05, 0) is 36.8 Å². The average Bonchev–Trinajstić information content (AvgIpc) is 2.95. The Morgan fingerprint density at radius 3 is 2.60 bits per heavy atom. The van der Waals surface area contributed by atoms with Crippen molar-refractivity contribution in [1.29, 1.82) is 0 Å². The quantitative estimate of drug-likeness (QED) is 0.386. The Morgan fingerprint density at radius 1 is 1.04 bits per heavy atom. The molecule has 124 valence electrons. The number of hydrogen-bond acceptors (Lipinski definition) is 1. The van der Waals surface area contributed by atoms with Crippen LogP contribution in [0.5, 0.6) is 0 Å². The van der Waals surface area contributed by atoms with Gasteiger partial charge in [-0.25, -0.2) is 4.98 Å². The highest BCUT2D eigenvalue weighted by Crippen LogP contribution is 2.29. The molecule has 0 N–H and O–H groups in total. The van der Waals surface area contributed by atoms with Crippen LogP contribution in [-0.4, -0.2) is 9.38 Å². The number of benzene rings is 2. The van der Waals surface area contributed by atoms with Gasteiger partial charge in [-0.15, -0.1) is 0 Å².